The first-order chi connectivity index (χ1) is 7.19. The van der Waals surface area contributed by atoms with Crippen LogP contribution in [0.3, 0.4) is 0 Å². The second-order valence-electron chi connectivity index (χ2n) is 3.85. The van der Waals surface area contributed by atoms with E-state index in [1.165, 1.54) is 0 Å². The molecule has 4 nitrogen and oxygen atoms in total. The van der Waals surface area contributed by atoms with Crippen LogP contribution < -0.4 is 15.4 Å². The number of nitrogens with two attached hydrogens (primary N) is 1. The average molecular weight is 208 g/mol. The Morgan fingerprint density at radius 1 is 1.47 bits per heavy atom. The second-order valence-corrected chi connectivity index (χ2v) is 3.85. The summed E-state index contributed by atoms with van der Waals surface area (Å²) in [5, 5.41) is 9.45. The van der Waals surface area contributed by atoms with Crippen molar-refractivity contribution in [3.8, 4) is 5.75 Å². The number of hydrogen-bond acceptors (Lipinski definition) is 4. The minimum Gasteiger partial charge on any atom is -0.497 e. The SMILES string of the molecule is COc1cc(N)cc(N2CCC(O)C2)c1. The number of hydrogen-bond donors (Lipinski definition) is 2. The van der Waals surface area contributed by atoms with Gasteiger partial charge in [0.2, 0.25) is 0 Å². The molecular formula is C11H16N2O2. The van der Waals surface area contributed by atoms with E-state index in [2.05, 4.69) is 4.90 Å². The van der Waals surface area contributed by atoms with Gasteiger partial charge in [-0.3, -0.25) is 0 Å². The molecule has 0 amide bonds. The number of nitrogen functional groups attached to an aromatic ring is 1. The summed E-state index contributed by atoms with van der Waals surface area (Å²) in [5.41, 5.74) is 7.47. The zero-order valence-electron chi connectivity index (χ0n) is 8.81. The van der Waals surface area contributed by atoms with Gasteiger partial charge >= 0.3 is 0 Å². The molecule has 0 radical (unpaired) electrons. The summed E-state index contributed by atoms with van der Waals surface area (Å²) in [4.78, 5) is 2.11. The number of aliphatic hydroxyl groups excluding tert-OH is 1. The van der Waals surface area contributed by atoms with Crippen LogP contribution in [-0.2, 0) is 0 Å². The third kappa shape index (κ3) is 2.15. The number of methoxy groups -OCH3 is 1. The molecule has 1 aliphatic heterocycles. The molecule has 1 atom stereocenters. The highest BCUT2D eigenvalue weighted by Gasteiger charge is 2.20. The van der Waals surface area contributed by atoms with Crippen LogP contribution in [0.5, 0.6) is 5.75 Å². The largest absolute Gasteiger partial charge is 0.497 e. The fourth-order valence-electron chi connectivity index (χ4n) is 1.88. The topological polar surface area (TPSA) is 58.7 Å². The maximum Gasteiger partial charge on any atom is 0.122 e. The number of nitrogens with zero attached hydrogens (tertiary/aromatic N) is 1. The first kappa shape index (κ1) is 10.1. The first-order valence-electron chi connectivity index (χ1n) is 5.06. The molecule has 0 bridgehead atoms. The number of rotatable bonds is 2. The van der Waals surface area contributed by atoms with Gasteiger partial charge in [-0.2, -0.15) is 0 Å². The highest BCUT2D eigenvalue weighted by atomic mass is 16.5. The maximum absolute atomic E-state index is 9.45. The molecule has 3 N–H and O–H groups in total. The first-order valence-corrected chi connectivity index (χ1v) is 5.06. The molecule has 1 unspecified atom stereocenters. The van der Waals surface area contributed by atoms with Crippen LogP contribution in [0.1, 0.15) is 6.42 Å². The zero-order valence-corrected chi connectivity index (χ0v) is 8.81. The summed E-state index contributed by atoms with van der Waals surface area (Å²) in [7, 11) is 1.62. The second kappa shape index (κ2) is 3.98. The molecule has 82 valence electrons. The smallest absolute Gasteiger partial charge is 0.122 e. The monoisotopic (exact) mass is 208 g/mol. The molecule has 2 rings (SSSR count). The van der Waals surface area contributed by atoms with Crippen molar-refractivity contribution in [2.45, 2.75) is 12.5 Å². The van der Waals surface area contributed by atoms with Crippen LogP contribution in [0.4, 0.5) is 11.4 Å². The predicted molar refractivity (Wildman–Crippen MR) is 60.2 cm³/mol. The van der Waals surface area contributed by atoms with Gasteiger partial charge in [-0.25, -0.2) is 0 Å². The van der Waals surface area contributed by atoms with Crippen molar-refractivity contribution in [2.75, 3.05) is 30.8 Å². The zero-order chi connectivity index (χ0) is 10.8. The summed E-state index contributed by atoms with van der Waals surface area (Å²) in [5.74, 6) is 0.756. The van der Waals surface area contributed by atoms with Crippen LogP contribution in [0.2, 0.25) is 0 Å². The lowest BCUT2D eigenvalue weighted by Gasteiger charge is -2.19. The minimum atomic E-state index is -0.225. The van der Waals surface area contributed by atoms with E-state index in [0.717, 1.165) is 24.4 Å². The molecule has 1 fully saturated rings. The van der Waals surface area contributed by atoms with Gasteiger partial charge in [0.25, 0.3) is 0 Å². The number of aliphatic hydroxyl groups is 1. The Hall–Kier alpha value is -1.42. The Kier molecular flexibility index (Phi) is 2.68. The Morgan fingerprint density at radius 3 is 2.87 bits per heavy atom. The van der Waals surface area contributed by atoms with Gasteiger partial charge in [0.1, 0.15) is 5.75 Å². The van der Waals surface area contributed by atoms with E-state index >= 15 is 0 Å². The fraction of sp³-hybridized carbons (Fsp3) is 0.455. The molecule has 15 heavy (non-hydrogen) atoms. The summed E-state index contributed by atoms with van der Waals surface area (Å²) in [6.07, 6.45) is 0.592. The van der Waals surface area contributed by atoms with Gasteiger partial charge in [0.05, 0.1) is 13.2 Å². The molecule has 0 spiro atoms. The molecular weight excluding hydrogens is 192 g/mol. The highest BCUT2D eigenvalue weighted by molar-refractivity contribution is 5.61. The fourth-order valence-corrected chi connectivity index (χ4v) is 1.88. The van der Waals surface area contributed by atoms with E-state index in [4.69, 9.17) is 10.5 Å². The number of anilines is 2. The van der Waals surface area contributed by atoms with E-state index < -0.39 is 0 Å². The van der Waals surface area contributed by atoms with Crippen molar-refractivity contribution in [3.05, 3.63) is 18.2 Å². The standard InChI is InChI=1S/C11H16N2O2/c1-15-11-5-8(12)4-9(6-11)13-3-2-10(14)7-13/h4-6,10,14H,2-3,7,12H2,1H3. The van der Waals surface area contributed by atoms with Crippen molar-refractivity contribution in [3.63, 3.8) is 0 Å². The molecule has 0 aliphatic carbocycles. The molecule has 1 aromatic rings. The molecule has 4 heteroatoms. The van der Waals surface area contributed by atoms with E-state index in [1.54, 1.807) is 13.2 Å². The van der Waals surface area contributed by atoms with Crippen molar-refractivity contribution in [1.82, 2.24) is 0 Å². The van der Waals surface area contributed by atoms with Gasteiger partial charge in [-0.1, -0.05) is 0 Å². The van der Waals surface area contributed by atoms with Crippen molar-refractivity contribution in [2.24, 2.45) is 0 Å². The lowest BCUT2D eigenvalue weighted by molar-refractivity contribution is 0.198. The van der Waals surface area contributed by atoms with Crippen molar-refractivity contribution < 1.29 is 9.84 Å². The predicted octanol–water partition coefficient (Wildman–Crippen LogP) is 0.848. The van der Waals surface area contributed by atoms with Crippen LogP contribution in [0, 0.1) is 0 Å². The van der Waals surface area contributed by atoms with E-state index in [0.29, 0.717) is 12.2 Å². The minimum absolute atomic E-state index is 0.225. The van der Waals surface area contributed by atoms with Crippen molar-refractivity contribution >= 4 is 11.4 Å². The quantitative estimate of drug-likeness (QED) is 0.707. The van der Waals surface area contributed by atoms with Gasteiger partial charge < -0.3 is 20.5 Å². The Bertz CT molecular complexity index is 354. The molecule has 0 aromatic heterocycles. The lowest BCUT2D eigenvalue weighted by atomic mass is 10.2. The molecule has 0 saturated carbocycles. The van der Waals surface area contributed by atoms with Gasteiger partial charge in [-0.05, 0) is 12.5 Å². The molecule has 1 aromatic carbocycles. The molecule has 1 aliphatic rings. The number of benzene rings is 1. The summed E-state index contributed by atoms with van der Waals surface area (Å²) >= 11 is 0. The maximum atomic E-state index is 9.45. The van der Waals surface area contributed by atoms with E-state index in [9.17, 15) is 5.11 Å². The van der Waals surface area contributed by atoms with Gasteiger partial charge in [0, 0.05) is 36.6 Å². The Balaban J connectivity index is 2.24. The third-order valence-electron chi connectivity index (χ3n) is 2.68. The summed E-state index contributed by atoms with van der Waals surface area (Å²) < 4.78 is 5.15. The van der Waals surface area contributed by atoms with Crippen LogP contribution in [0.15, 0.2) is 18.2 Å². The normalized spacial score (nSPS) is 20.7. The van der Waals surface area contributed by atoms with Gasteiger partial charge in [0.15, 0.2) is 0 Å². The number of ether oxygens (including phenoxy) is 1. The Labute approximate surface area is 89.3 Å². The van der Waals surface area contributed by atoms with E-state index in [1.807, 2.05) is 12.1 Å². The lowest BCUT2D eigenvalue weighted by Crippen LogP contribution is -2.21. The summed E-state index contributed by atoms with van der Waals surface area (Å²) in [6, 6.07) is 5.63. The van der Waals surface area contributed by atoms with Gasteiger partial charge in [-0.15, -0.1) is 0 Å². The molecule has 1 heterocycles. The van der Waals surface area contributed by atoms with Crippen LogP contribution in [0.25, 0.3) is 0 Å². The number of β-amino-alcohol motifs (C(OH)–C–C–N with tert-alkyl or cyclic N) is 1. The highest BCUT2D eigenvalue weighted by Crippen LogP contribution is 2.27. The van der Waals surface area contributed by atoms with Crippen LogP contribution in [-0.4, -0.2) is 31.4 Å². The third-order valence-corrected chi connectivity index (χ3v) is 2.68. The average Bonchev–Trinajstić information content (AvgIpc) is 2.64. The molecule has 1 saturated heterocycles. The van der Waals surface area contributed by atoms with Crippen molar-refractivity contribution in [1.29, 1.82) is 0 Å². The van der Waals surface area contributed by atoms with Crippen LogP contribution >= 0.6 is 0 Å². The summed E-state index contributed by atoms with van der Waals surface area (Å²) in [6.45, 7) is 1.54. The Morgan fingerprint density at radius 2 is 2.27 bits per heavy atom. The van der Waals surface area contributed by atoms with E-state index in [-0.39, 0.29) is 6.10 Å².